The van der Waals surface area contributed by atoms with Crippen molar-refractivity contribution in [2.75, 3.05) is 34.4 Å². The summed E-state index contributed by atoms with van der Waals surface area (Å²) in [7, 11) is -6.56. The lowest BCUT2D eigenvalue weighted by Gasteiger charge is -2.41. The summed E-state index contributed by atoms with van der Waals surface area (Å²) < 4.78 is 26.1. The minimum atomic E-state index is -5.18. The first-order chi connectivity index (χ1) is 12.9. The van der Waals surface area contributed by atoms with Crippen molar-refractivity contribution in [3.8, 4) is 0 Å². The molecule has 0 spiro atoms. The van der Waals surface area contributed by atoms with Crippen molar-refractivity contribution in [3.05, 3.63) is 0 Å². The number of aliphatic hydroxyl groups is 5. The van der Waals surface area contributed by atoms with Crippen LogP contribution in [0.3, 0.4) is 0 Å². The highest BCUT2D eigenvalue weighted by atomic mass is 31.2. The van der Waals surface area contributed by atoms with E-state index in [0.717, 1.165) is 0 Å². The first-order valence-corrected chi connectivity index (χ1v) is 11.9. The van der Waals surface area contributed by atoms with Crippen LogP contribution in [-0.4, -0.2) is 110 Å². The Hall–Kier alpha value is -1.10. The third-order valence-corrected chi connectivity index (χ3v) is 11.1. The molecule has 0 radical (unpaired) electrons. The first kappa shape index (κ1) is 27.9. The van der Waals surface area contributed by atoms with Crippen molar-refractivity contribution in [2.24, 2.45) is 0 Å². The Morgan fingerprint density at radius 1 is 0.759 bits per heavy atom. The van der Waals surface area contributed by atoms with E-state index >= 15 is 0 Å². The Labute approximate surface area is 167 Å². The zero-order valence-electron chi connectivity index (χ0n) is 16.8. The predicted molar refractivity (Wildman–Crippen MR) is 101 cm³/mol. The maximum atomic E-state index is 13.5. The lowest BCUT2D eigenvalue weighted by Crippen LogP contribution is -2.55. The van der Waals surface area contributed by atoms with Gasteiger partial charge in [0.25, 0.3) is 7.14 Å². The van der Waals surface area contributed by atoms with Gasteiger partial charge in [-0.1, -0.05) is 0 Å². The van der Waals surface area contributed by atoms with Crippen LogP contribution in [0.15, 0.2) is 0 Å². The van der Waals surface area contributed by atoms with Crippen molar-refractivity contribution in [1.29, 1.82) is 0 Å². The highest BCUT2D eigenvalue weighted by Crippen LogP contribution is 2.64. The van der Waals surface area contributed by atoms with E-state index in [2.05, 4.69) is 0 Å². The number of likely N-dealkylation sites (N-methyl/N-ethyl adjacent to an activating group) is 1. The second-order valence-electron chi connectivity index (χ2n) is 7.37. The average molecular weight is 460 g/mol. The van der Waals surface area contributed by atoms with Crippen molar-refractivity contribution in [3.63, 3.8) is 0 Å². The van der Waals surface area contributed by atoms with Crippen molar-refractivity contribution < 1.29 is 58.3 Å². The van der Waals surface area contributed by atoms with E-state index in [0.29, 0.717) is 13.8 Å². The molecule has 6 atom stereocenters. The number of aliphatic hydroxyl groups excluding tert-OH is 5. The fourth-order valence-electron chi connectivity index (χ4n) is 2.81. The summed E-state index contributed by atoms with van der Waals surface area (Å²) in [6.45, 7) is -1.07. The number of hydrogen-bond donors (Lipinski definition) is 5. The molecule has 0 bridgehead atoms. The number of hydrogen-bond acceptors (Lipinski definition) is 11. The minimum Gasteiger partial charge on any atom is -0.393 e. The van der Waals surface area contributed by atoms with E-state index in [9.17, 15) is 43.6 Å². The van der Waals surface area contributed by atoms with Crippen LogP contribution in [0.25, 0.3) is 0 Å². The molecule has 0 aromatic heterocycles. The molecule has 0 aromatic rings. The van der Waals surface area contributed by atoms with E-state index in [1.807, 2.05) is 0 Å². The van der Waals surface area contributed by atoms with Gasteiger partial charge >= 0.3 is 0 Å². The molecule has 0 saturated heterocycles. The van der Waals surface area contributed by atoms with Gasteiger partial charge in [0.15, 0.2) is 17.2 Å². The summed E-state index contributed by atoms with van der Waals surface area (Å²) in [5.74, 6) is -4.81. The largest absolute Gasteiger partial charge is 0.393 e. The third-order valence-electron chi connectivity index (χ3n) is 4.31. The van der Waals surface area contributed by atoms with Gasteiger partial charge in [-0.2, -0.15) is 0 Å². The summed E-state index contributed by atoms with van der Waals surface area (Å²) in [6, 6.07) is 0. The highest BCUT2D eigenvalue weighted by Gasteiger charge is 2.63. The van der Waals surface area contributed by atoms with Gasteiger partial charge in [-0.05, 0) is 0 Å². The zero-order chi connectivity index (χ0) is 23.5. The van der Waals surface area contributed by atoms with Crippen LogP contribution >= 0.6 is 14.3 Å². The molecule has 0 heterocycles. The fourth-order valence-corrected chi connectivity index (χ4v) is 9.00. The number of carbonyl (C=O) groups excluding carboxylic acids is 4. The van der Waals surface area contributed by atoms with Crippen molar-refractivity contribution in [2.45, 2.75) is 37.7 Å². The maximum absolute atomic E-state index is 13.5. The molecule has 0 amide bonds. The number of nitrogens with zero attached hydrogens (tertiary/aromatic N) is 1. The summed E-state index contributed by atoms with van der Waals surface area (Å²) >= 11 is 0. The standard InChI is InChI=1S/C15H28NO11P2/c1-8(19)28(26,13(23)10(21)6-17)12(16(3,4)5)15(25)29(27,9(2)20)14(24)11(22)7-18/h10-12,15,17-18,21-22,25H,6-7H2,1-5H3/q+1. The molecule has 0 rings (SSSR count). The van der Waals surface area contributed by atoms with Crippen LogP contribution < -0.4 is 0 Å². The second kappa shape index (κ2) is 9.80. The predicted octanol–water partition coefficient (Wildman–Crippen LogP) is -2.08. The normalized spacial score (nSPS) is 20.5. The molecule has 12 nitrogen and oxygen atoms in total. The smallest absolute Gasteiger partial charge is 0.271 e. The summed E-state index contributed by atoms with van der Waals surface area (Å²) in [6.07, 6.45) is -4.59. The molecule has 0 saturated carbocycles. The molecule has 6 unspecified atom stereocenters. The molecule has 0 aliphatic rings. The van der Waals surface area contributed by atoms with Crippen molar-refractivity contribution in [1.82, 2.24) is 0 Å². The van der Waals surface area contributed by atoms with Gasteiger partial charge in [0.2, 0.25) is 23.7 Å². The van der Waals surface area contributed by atoms with Crippen LogP contribution in [-0.2, 0) is 28.3 Å². The SMILES string of the molecule is CC(=O)P(=O)(C(=O)C(O)CO)C(O)C([N+](C)(C)C)P(=O)(C(C)=O)C(=O)C(O)CO. The molecular weight excluding hydrogens is 432 g/mol. The molecule has 0 aliphatic carbocycles. The highest BCUT2D eigenvalue weighted by molar-refractivity contribution is 7.98. The van der Waals surface area contributed by atoms with Gasteiger partial charge in [-0.25, -0.2) is 0 Å². The van der Waals surface area contributed by atoms with Crippen LogP contribution in [0, 0.1) is 0 Å². The topological polar surface area (TPSA) is 204 Å². The van der Waals surface area contributed by atoms with Crippen LogP contribution in [0.2, 0.25) is 0 Å². The van der Waals surface area contributed by atoms with Crippen molar-refractivity contribution >= 4 is 36.4 Å². The molecule has 5 N–H and O–H groups in total. The molecule has 168 valence electrons. The van der Waals surface area contributed by atoms with Crippen LogP contribution in [0.1, 0.15) is 13.8 Å². The molecular formula is C15H28NO11P2+. The Morgan fingerprint density at radius 2 is 1.07 bits per heavy atom. The summed E-state index contributed by atoms with van der Waals surface area (Å²) in [5.41, 5.74) is -6.11. The Kier molecular flexibility index (Phi) is 9.43. The molecule has 0 fully saturated rings. The molecule has 0 aliphatic heterocycles. The van der Waals surface area contributed by atoms with Crippen LogP contribution in [0.4, 0.5) is 0 Å². The fraction of sp³-hybridized carbons (Fsp3) is 0.733. The van der Waals surface area contributed by atoms with E-state index in [1.54, 1.807) is 0 Å². The van der Waals surface area contributed by atoms with E-state index in [4.69, 9.17) is 10.2 Å². The van der Waals surface area contributed by atoms with E-state index in [-0.39, 0.29) is 0 Å². The Bertz CT molecular complexity index is 773. The summed E-state index contributed by atoms with van der Waals surface area (Å²) in [5, 5.41) is 48.0. The zero-order valence-corrected chi connectivity index (χ0v) is 18.5. The molecule has 29 heavy (non-hydrogen) atoms. The minimum absolute atomic E-state index is 0.655. The van der Waals surface area contributed by atoms with Gasteiger partial charge in [-0.3, -0.25) is 19.2 Å². The van der Waals surface area contributed by atoms with Gasteiger partial charge < -0.3 is 39.1 Å². The lowest BCUT2D eigenvalue weighted by molar-refractivity contribution is -0.883. The Balaban J connectivity index is 7.00. The monoisotopic (exact) mass is 460 g/mol. The summed E-state index contributed by atoms with van der Waals surface area (Å²) in [4.78, 5) is 49.2. The average Bonchev–Trinajstić information content (AvgIpc) is 2.62. The lowest BCUT2D eigenvalue weighted by atomic mass is 10.4. The van der Waals surface area contributed by atoms with Gasteiger partial charge in [0, 0.05) is 13.8 Å². The maximum Gasteiger partial charge on any atom is 0.271 e. The second-order valence-corrected chi connectivity index (χ2v) is 13.2. The van der Waals surface area contributed by atoms with E-state index in [1.165, 1.54) is 21.1 Å². The van der Waals surface area contributed by atoms with Gasteiger partial charge in [-0.15, -0.1) is 0 Å². The Morgan fingerprint density at radius 3 is 1.31 bits per heavy atom. The van der Waals surface area contributed by atoms with Gasteiger partial charge in [0.1, 0.15) is 12.2 Å². The quantitative estimate of drug-likeness (QED) is 0.158. The van der Waals surface area contributed by atoms with Gasteiger partial charge in [0.05, 0.1) is 34.4 Å². The number of carbonyl (C=O) groups is 4. The number of quaternary nitrogens is 1. The number of rotatable bonds is 12. The van der Waals surface area contributed by atoms with Crippen LogP contribution in [0.5, 0.6) is 0 Å². The third kappa shape index (κ3) is 5.15. The molecule has 14 heteroatoms. The molecule has 0 aromatic carbocycles. The first-order valence-electron chi connectivity index (χ1n) is 8.33. The van der Waals surface area contributed by atoms with E-state index < -0.39 is 77.9 Å².